The number of nitrogens with zero attached hydrogens (tertiary/aromatic N) is 2. The first-order valence-electron chi connectivity index (χ1n) is 10.1. The molecule has 166 valence electrons. The maximum Gasteiger partial charge on any atom is 0.308 e. The van der Waals surface area contributed by atoms with E-state index in [0.29, 0.717) is 18.8 Å². The van der Waals surface area contributed by atoms with E-state index in [1.54, 1.807) is 0 Å². The van der Waals surface area contributed by atoms with Gasteiger partial charge in [0, 0.05) is 30.3 Å². The summed E-state index contributed by atoms with van der Waals surface area (Å²) in [5.41, 5.74) is 7.13. The minimum absolute atomic E-state index is 0.0621. The lowest BCUT2D eigenvalue weighted by molar-refractivity contribution is 0.0825. The van der Waals surface area contributed by atoms with Crippen molar-refractivity contribution in [3.05, 3.63) is 71.5 Å². The molecule has 32 heavy (non-hydrogen) atoms. The molecule has 0 spiro atoms. The number of amides is 2. The molecule has 3 aromatic rings. The van der Waals surface area contributed by atoms with Gasteiger partial charge in [0.25, 0.3) is 5.91 Å². The van der Waals surface area contributed by atoms with Gasteiger partial charge >= 0.3 is 5.91 Å². The van der Waals surface area contributed by atoms with Crippen molar-refractivity contribution >= 4 is 21.8 Å². The van der Waals surface area contributed by atoms with E-state index in [2.05, 4.69) is 16.0 Å². The Morgan fingerprint density at radius 3 is 2.22 bits per heavy atom. The molecular weight excluding hydrogens is 432 g/mol. The van der Waals surface area contributed by atoms with Gasteiger partial charge in [-0.15, -0.1) is 0 Å². The third-order valence-electron chi connectivity index (χ3n) is 5.19. The maximum atomic E-state index is 12.6. The molecule has 2 N–H and O–H groups in total. The molecule has 2 heterocycles. The number of carbonyl (C=O) groups excluding carboxylic acids is 2. The predicted octanol–water partition coefficient (Wildman–Crippen LogP) is 2.51. The Hall–Kier alpha value is -3.50. The summed E-state index contributed by atoms with van der Waals surface area (Å²) in [5.74, 6) is -1.33. The van der Waals surface area contributed by atoms with Crippen molar-refractivity contribution in [2.45, 2.75) is 24.7 Å². The lowest BCUT2D eigenvalue weighted by atomic mass is 10.1. The van der Waals surface area contributed by atoms with E-state index in [9.17, 15) is 18.0 Å². The highest BCUT2D eigenvalue weighted by Crippen LogP contribution is 2.21. The zero-order chi connectivity index (χ0) is 22.7. The third-order valence-corrected chi connectivity index (χ3v) is 7.10. The Kier molecular flexibility index (Phi) is 6.06. The topological polar surface area (TPSA) is 122 Å². The molecule has 0 saturated carbocycles. The van der Waals surface area contributed by atoms with Crippen LogP contribution in [0.25, 0.3) is 11.3 Å². The van der Waals surface area contributed by atoms with Crippen molar-refractivity contribution < 1.29 is 22.5 Å². The van der Waals surface area contributed by atoms with Crippen molar-refractivity contribution in [1.29, 1.82) is 0 Å². The molecule has 2 aromatic carbocycles. The summed E-state index contributed by atoms with van der Waals surface area (Å²) in [7, 11) is -3.55. The van der Waals surface area contributed by atoms with Crippen LogP contribution in [-0.4, -0.2) is 42.8 Å². The first-order chi connectivity index (χ1) is 15.3. The van der Waals surface area contributed by atoms with E-state index in [-0.39, 0.29) is 16.2 Å². The standard InChI is InChI=1S/C22H22N4O5S/c1-15-4-6-16(7-5-15)19-14-20(31-25-19)22(28)24-23-21(27)17-8-10-18(11-9-17)32(29,30)26-12-2-3-13-26/h4-11,14H,2-3,12-13H2,1H3,(H,23,27)(H,24,28). The second-order valence-corrected chi connectivity index (χ2v) is 9.42. The average Bonchev–Trinajstić information content (AvgIpc) is 3.51. The van der Waals surface area contributed by atoms with Gasteiger partial charge in [0.2, 0.25) is 15.8 Å². The first-order valence-corrected chi connectivity index (χ1v) is 11.5. The molecule has 2 amide bonds. The fourth-order valence-electron chi connectivity index (χ4n) is 3.35. The average molecular weight is 455 g/mol. The van der Waals surface area contributed by atoms with E-state index >= 15 is 0 Å². The van der Waals surface area contributed by atoms with E-state index in [0.717, 1.165) is 24.0 Å². The highest BCUT2D eigenvalue weighted by atomic mass is 32.2. The second kappa shape index (κ2) is 8.93. The Bertz CT molecular complexity index is 1230. The predicted molar refractivity (Wildman–Crippen MR) is 116 cm³/mol. The number of aromatic nitrogens is 1. The van der Waals surface area contributed by atoms with E-state index in [4.69, 9.17) is 4.52 Å². The highest BCUT2D eigenvalue weighted by Gasteiger charge is 2.27. The third kappa shape index (κ3) is 4.56. The number of hydrogen-bond donors (Lipinski definition) is 2. The molecule has 0 unspecified atom stereocenters. The van der Waals surface area contributed by atoms with Crippen LogP contribution in [-0.2, 0) is 10.0 Å². The lowest BCUT2D eigenvalue weighted by Gasteiger charge is -2.15. The monoisotopic (exact) mass is 454 g/mol. The molecule has 0 bridgehead atoms. The number of hydrogen-bond acceptors (Lipinski definition) is 6. The molecular formula is C22H22N4O5S. The molecule has 0 aliphatic carbocycles. The van der Waals surface area contributed by atoms with Gasteiger partial charge in [-0.05, 0) is 44.0 Å². The SMILES string of the molecule is Cc1ccc(-c2cc(C(=O)NNC(=O)c3ccc(S(=O)(=O)N4CCCC4)cc3)on2)cc1. The number of hydrazine groups is 1. The summed E-state index contributed by atoms with van der Waals surface area (Å²) in [5, 5.41) is 3.88. The second-order valence-electron chi connectivity index (χ2n) is 7.49. The Balaban J connectivity index is 1.36. The maximum absolute atomic E-state index is 12.6. The molecule has 0 radical (unpaired) electrons. The number of carbonyl (C=O) groups is 2. The van der Waals surface area contributed by atoms with Crippen LogP contribution >= 0.6 is 0 Å². The van der Waals surface area contributed by atoms with Crippen LogP contribution in [0.5, 0.6) is 0 Å². The highest BCUT2D eigenvalue weighted by molar-refractivity contribution is 7.89. The van der Waals surface area contributed by atoms with Crippen LogP contribution in [0, 0.1) is 6.92 Å². The number of benzene rings is 2. The van der Waals surface area contributed by atoms with Crippen molar-refractivity contribution in [3.8, 4) is 11.3 Å². The molecule has 1 aromatic heterocycles. The van der Waals surface area contributed by atoms with Crippen LogP contribution in [0.1, 0.15) is 39.3 Å². The van der Waals surface area contributed by atoms with Crippen molar-refractivity contribution in [3.63, 3.8) is 0 Å². The number of nitrogens with one attached hydrogen (secondary N) is 2. The van der Waals surface area contributed by atoms with Crippen molar-refractivity contribution in [1.82, 2.24) is 20.3 Å². The van der Waals surface area contributed by atoms with Gasteiger partial charge in [-0.3, -0.25) is 20.4 Å². The summed E-state index contributed by atoms with van der Waals surface area (Å²) in [4.78, 5) is 24.7. The van der Waals surface area contributed by atoms with Gasteiger partial charge in [0.15, 0.2) is 0 Å². The van der Waals surface area contributed by atoms with Gasteiger partial charge < -0.3 is 4.52 Å². The summed E-state index contributed by atoms with van der Waals surface area (Å²) in [6.07, 6.45) is 1.69. The molecule has 10 heteroatoms. The molecule has 1 saturated heterocycles. The summed E-state index contributed by atoms with van der Waals surface area (Å²) >= 11 is 0. The number of rotatable bonds is 5. The van der Waals surface area contributed by atoms with Crippen LogP contribution < -0.4 is 10.9 Å². The molecule has 9 nitrogen and oxygen atoms in total. The Morgan fingerprint density at radius 1 is 0.938 bits per heavy atom. The molecule has 1 aliphatic heterocycles. The first kappa shape index (κ1) is 21.7. The molecule has 1 fully saturated rings. The van der Waals surface area contributed by atoms with Crippen molar-refractivity contribution in [2.75, 3.05) is 13.1 Å². The van der Waals surface area contributed by atoms with E-state index < -0.39 is 21.8 Å². The van der Waals surface area contributed by atoms with Gasteiger partial charge in [-0.2, -0.15) is 4.31 Å². The van der Waals surface area contributed by atoms with Gasteiger partial charge in [-0.1, -0.05) is 35.0 Å². The zero-order valence-corrected chi connectivity index (χ0v) is 18.2. The minimum Gasteiger partial charge on any atom is -0.350 e. The normalized spacial score (nSPS) is 14.3. The fourth-order valence-corrected chi connectivity index (χ4v) is 4.86. The van der Waals surface area contributed by atoms with Crippen LogP contribution in [0.15, 0.2) is 64.0 Å². The number of aryl methyl sites for hydroxylation is 1. The Morgan fingerprint density at radius 2 is 1.56 bits per heavy atom. The molecule has 4 rings (SSSR count). The number of sulfonamides is 1. The summed E-state index contributed by atoms with van der Waals surface area (Å²) < 4.78 is 31.6. The van der Waals surface area contributed by atoms with Gasteiger partial charge in [0.1, 0.15) is 5.69 Å². The van der Waals surface area contributed by atoms with Crippen molar-refractivity contribution in [2.24, 2.45) is 0 Å². The largest absolute Gasteiger partial charge is 0.350 e. The summed E-state index contributed by atoms with van der Waals surface area (Å²) in [6.45, 7) is 2.97. The fraction of sp³-hybridized carbons (Fsp3) is 0.227. The minimum atomic E-state index is -3.55. The zero-order valence-electron chi connectivity index (χ0n) is 17.4. The molecule has 0 atom stereocenters. The lowest BCUT2D eigenvalue weighted by Crippen LogP contribution is -2.41. The van der Waals surface area contributed by atoms with Crippen LogP contribution in [0.4, 0.5) is 0 Å². The smallest absolute Gasteiger partial charge is 0.308 e. The van der Waals surface area contributed by atoms with E-state index in [1.807, 2.05) is 31.2 Å². The van der Waals surface area contributed by atoms with Crippen LogP contribution in [0.3, 0.4) is 0 Å². The molecule has 1 aliphatic rings. The van der Waals surface area contributed by atoms with Gasteiger partial charge in [0.05, 0.1) is 4.90 Å². The van der Waals surface area contributed by atoms with Crippen LogP contribution in [0.2, 0.25) is 0 Å². The quantitative estimate of drug-likeness (QED) is 0.572. The Labute approximate surface area is 185 Å². The summed E-state index contributed by atoms with van der Waals surface area (Å²) in [6, 6.07) is 14.6. The van der Waals surface area contributed by atoms with E-state index in [1.165, 1.54) is 34.6 Å². The van der Waals surface area contributed by atoms with Gasteiger partial charge in [-0.25, -0.2) is 8.42 Å².